The highest BCUT2D eigenvalue weighted by atomic mass is 16.7. The first-order chi connectivity index (χ1) is 27.0. The largest absolute Gasteiger partial charge is 0.495 e. The Morgan fingerprint density at radius 2 is 1.33 bits per heavy atom. The van der Waals surface area contributed by atoms with E-state index in [9.17, 15) is 9.59 Å². The minimum atomic E-state index is -0.190. The van der Waals surface area contributed by atoms with Crippen LogP contribution in [0.15, 0.2) is 85.1 Å². The summed E-state index contributed by atoms with van der Waals surface area (Å²) in [5.74, 6) is 5.01. The quantitative estimate of drug-likeness (QED) is 0.152. The lowest BCUT2D eigenvalue weighted by molar-refractivity contribution is -0.123. The zero-order chi connectivity index (χ0) is 37.3. The smallest absolute Gasteiger partial charge is 0.241 e. The van der Waals surface area contributed by atoms with Crippen LogP contribution in [0.5, 0.6) is 17.2 Å². The number of piperidine rings is 2. The summed E-state index contributed by atoms with van der Waals surface area (Å²) in [7, 11) is 1.66. The van der Waals surface area contributed by atoms with Crippen LogP contribution in [0.1, 0.15) is 85.6 Å². The number of carbonyl (C=O) groups excluding carboxylic acids is 2. The molecule has 2 N–H and O–H groups in total. The van der Waals surface area contributed by atoms with Crippen molar-refractivity contribution in [3.63, 3.8) is 0 Å². The van der Waals surface area contributed by atoms with Crippen molar-refractivity contribution in [3.8, 4) is 17.2 Å². The van der Waals surface area contributed by atoms with Gasteiger partial charge >= 0.3 is 0 Å². The molecule has 10 heteroatoms. The lowest BCUT2D eigenvalue weighted by Gasteiger charge is -2.34. The number of para-hydroxylation sites is 1. The first-order valence-electron chi connectivity index (χ1n) is 20.2. The number of pyridine rings is 1. The van der Waals surface area contributed by atoms with E-state index in [1.807, 2.05) is 24.3 Å². The Morgan fingerprint density at radius 3 is 1.93 bits per heavy atom. The summed E-state index contributed by atoms with van der Waals surface area (Å²) in [5, 5.41) is 6.42. The lowest BCUT2D eigenvalue weighted by atomic mass is 9.99. The van der Waals surface area contributed by atoms with E-state index in [-0.39, 0.29) is 30.7 Å². The fraction of sp³-hybridized carbons (Fsp3) is 0.444. The van der Waals surface area contributed by atoms with Gasteiger partial charge in [0.25, 0.3) is 0 Å². The van der Waals surface area contributed by atoms with E-state index in [1.165, 1.54) is 24.0 Å². The van der Waals surface area contributed by atoms with Crippen molar-refractivity contribution in [1.82, 2.24) is 14.8 Å². The Bertz CT molecular complexity index is 2000. The first kappa shape index (κ1) is 35.8. The van der Waals surface area contributed by atoms with Gasteiger partial charge in [-0.25, -0.2) is 0 Å². The molecule has 0 bridgehead atoms. The van der Waals surface area contributed by atoms with Gasteiger partial charge in [0.1, 0.15) is 5.75 Å². The summed E-state index contributed by atoms with van der Waals surface area (Å²) in [6.07, 6.45) is 10.2. The molecule has 3 aromatic carbocycles. The Kier molecular flexibility index (Phi) is 10.2. The minimum absolute atomic E-state index is 0.0473. The SMILES string of the molecule is COc1cccnc1CN1CCCC[C@@H]1C(=O)Nc1ccc(C2CC2C2CC2c2ccc(NC(=O)[C@H]3CCCCN3Cc3cccc4c3OCO4)cc2)cc1. The molecule has 286 valence electrons. The van der Waals surface area contributed by atoms with E-state index < -0.39 is 0 Å². The van der Waals surface area contributed by atoms with Crippen molar-refractivity contribution in [1.29, 1.82) is 0 Å². The number of benzene rings is 3. The standard InChI is InChI=1S/C45H51N5O5/c1-53-41-12-7-21-46-38(41)27-50-23-5-3-10-40(50)45(52)48-33-19-15-30(16-20-33)35-25-37(35)36-24-34(36)29-13-17-32(18-14-29)47-44(51)39-9-2-4-22-49(39)26-31-8-6-11-42-43(31)55-28-54-42/h6-8,11-21,34-37,39-40H,2-5,9-10,22-28H2,1H3,(H,47,51)(H,48,52)/t34?,35?,36?,37?,39-,40-/m1/s1. The second-order valence-electron chi connectivity index (χ2n) is 16.0. The molecule has 1 aromatic heterocycles. The van der Waals surface area contributed by atoms with Crippen molar-refractivity contribution in [2.45, 2.75) is 88.4 Å². The molecule has 0 radical (unpaired) electrons. The molecule has 3 aliphatic heterocycles. The number of hydrogen-bond acceptors (Lipinski definition) is 8. The van der Waals surface area contributed by atoms with Gasteiger partial charge in [-0.15, -0.1) is 0 Å². The third-order valence-electron chi connectivity index (χ3n) is 12.5. The molecule has 0 spiro atoms. The molecule has 6 atom stereocenters. The number of amides is 2. The summed E-state index contributed by atoms with van der Waals surface area (Å²) >= 11 is 0. The summed E-state index contributed by atoms with van der Waals surface area (Å²) in [6.45, 7) is 3.26. The van der Waals surface area contributed by atoms with Gasteiger partial charge in [0.15, 0.2) is 11.5 Å². The molecule has 55 heavy (non-hydrogen) atoms. The second-order valence-corrected chi connectivity index (χ2v) is 16.0. The molecule has 2 aliphatic carbocycles. The maximum Gasteiger partial charge on any atom is 0.241 e. The number of hydrogen-bond donors (Lipinski definition) is 2. The van der Waals surface area contributed by atoms with Crippen LogP contribution in [-0.2, 0) is 22.7 Å². The van der Waals surface area contributed by atoms with Crippen LogP contribution in [-0.4, -0.2) is 65.7 Å². The van der Waals surface area contributed by atoms with E-state index in [2.05, 4.69) is 80.0 Å². The number of methoxy groups -OCH3 is 1. The minimum Gasteiger partial charge on any atom is -0.495 e. The number of rotatable bonds is 12. The molecule has 9 rings (SSSR count). The van der Waals surface area contributed by atoms with Crippen molar-refractivity contribution in [2.24, 2.45) is 11.8 Å². The average molecular weight is 742 g/mol. The number of fused-ring (bicyclic) bond motifs is 1. The normalized spacial score (nSPS) is 25.9. The van der Waals surface area contributed by atoms with Gasteiger partial charge < -0.3 is 24.8 Å². The van der Waals surface area contributed by atoms with Crippen molar-refractivity contribution in [3.05, 3.63) is 107 Å². The summed E-state index contributed by atoms with van der Waals surface area (Å²) in [4.78, 5) is 36.1. The lowest BCUT2D eigenvalue weighted by Crippen LogP contribution is -2.46. The zero-order valence-corrected chi connectivity index (χ0v) is 31.6. The molecule has 2 saturated heterocycles. The van der Waals surface area contributed by atoms with Crippen LogP contribution in [0, 0.1) is 11.8 Å². The van der Waals surface area contributed by atoms with Crippen LogP contribution >= 0.6 is 0 Å². The predicted molar refractivity (Wildman–Crippen MR) is 211 cm³/mol. The fourth-order valence-electron chi connectivity index (χ4n) is 9.43. The summed E-state index contributed by atoms with van der Waals surface area (Å²) in [6, 6.07) is 26.5. The summed E-state index contributed by atoms with van der Waals surface area (Å²) in [5.41, 5.74) is 6.37. The highest BCUT2D eigenvalue weighted by Gasteiger charge is 2.54. The van der Waals surface area contributed by atoms with Gasteiger partial charge in [0.2, 0.25) is 18.6 Å². The number of aromatic nitrogens is 1. The first-order valence-corrected chi connectivity index (χ1v) is 20.2. The van der Waals surface area contributed by atoms with Crippen LogP contribution in [0.4, 0.5) is 11.4 Å². The molecule has 2 amide bonds. The molecule has 4 aromatic rings. The van der Waals surface area contributed by atoms with Crippen molar-refractivity contribution < 1.29 is 23.8 Å². The van der Waals surface area contributed by atoms with Gasteiger partial charge in [0, 0.05) is 36.2 Å². The van der Waals surface area contributed by atoms with Gasteiger partial charge in [-0.3, -0.25) is 24.4 Å². The number of likely N-dealkylation sites (tertiary alicyclic amines) is 2. The monoisotopic (exact) mass is 741 g/mol. The fourth-order valence-corrected chi connectivity index (χ4v) is 9.43. The van der Waals surface area contributed by atoms with Gasteiger partial charge in [-0.1, -0.05) is 49.2 Å². The Balaban J connectivity index is 0.756. The number of nitrogens with zero attached hydrogens (tertiary/aromatic N) is 3. The number of anilines is 2. The number of carbonyl (C=O) groups is 2. The van der Waals surface area contributed by atoms with Crippen molar-refractivity contribution >= 4 is 23.2 Å². The van der Waals surface area contributed by atoms with Crippen molar-refractivity contribution in [2.75, 3.05) is 37.6 Å². The molecule has 4 fully saturated rings. The van der Waals surface area contributed by atoms with E-state index in [1.54, 1.807) is 13.3 Å². The van der Waals surface area contributed by atoms with Crippen LogP contribution in [0.3, 0.4) is 0 Å². The molecule has 5 aliphatic rings. The maximum absolute atomic E-state index is 13.6. The number of ether oxygens (including phenoxy) is 3. The Hall–Kier alpha value is -4.93. The Morgan fingerprint density at radius 1 is 0.727 bits per heavy atom. The third-order valence-corrected chi connectivity index (χ3v) is 12.5. The zero-order valence-electron chi connectivity index (χ0n) is 31.6. The predicted octanol–water partition coefficient (Wildman–Crippen LogP) is 7.71. The summed E-state index contributed by atoms with van der Waals surface area (Å²) < 4.78 is 16.8. The van der Waals surface area contributed by atoms with E-state index in [0.29, 0.717) is 36.8 Å². The van der Waals surface area contributed by atoms with E-state index in [0.717, 1.165) is 91.5 Å². The molecular weight excluding hydrogens is 691 g/mol. The van der Waals surface area contributed by atoms with E-state index >= 15 is 0 Å². The molecule has 10 nitrogen and oxygen atoms in total. The van der Waals surface area contributed by atoms with Crippen LogP contribution in [0.25, 0.3) is 0 Å². The average Bonchev–Trinajstić information content (AvgIpc) is 4.14. The third kappa shape index (κ3) is 7.80. The highest BCUT2D eigenvalue weighted by Crippen LogP contribution is 2.65. The van der Waals surface area contributed by atoms with Crippen LogP contribution < -0.4 is 24.8 Å². The Labute approximate surface area is 323 Å². The second kappa shape index (κ2) is 15.7. The topological polar surface area (TPSA) is 105 Å². The van der Waals surface area contributed by atoms with Crippen LogP contribution in [0.2, 0.25) is 0 Å². The molecule has 2 saturated carbocycles. The highest BCUT2D eigenvalue weighted by molar-refractivity contribution is 5.95. The molecular formula is C45H51N5O5. The van der Waals surface area contributed by atoms with Gasteiger partial charge in [0.05, 0.1) is 24.9 Å². The van der Waals surface area contributed by atoms with Gasteiger partial charge in [-0.05, 0) is 129 Å². The van der Waals surface area contributed by atoms with E-state index in [4.69, 9.17) is 14.2 Å². The molecule has 4 unspecified atom stereocenters. The maximum atomic E-state index is 13.6. The number of nitrogens with one attached hydrogen (secondary N) is 2. The van der Waals surface area contributed by atoms with Gasteiger partial charge in [-0.2, -0.15) is 0 Å². The molecule has 4 heterocycles.